The van der Waals surface area contributed by atoms with Gasteiger partial charge in [0.1, 0.15) is 11.9 Å². The molecule has 0 aliphatic carbocycles. The fourth-order valence-electron chi connectivity index (χ4n) is 2.64. The zero-order valence-corrected chi connectivity index (χ0v) is 14.1. The lowest BCUT2D eigenvalue weighted by atomic mass is 10.1. The van der Waals surface area contributed by atoms with Gasteiger partial charge in [-0.05, 0) is 30.5 Å². The largest absolute Gasteiger partial charge is 0.494 e. The first-order valence-electron chi connectivity index (χ1n) is 8.79. The lowest BCUT2D eigenvalue weighted by Crippen LogP contribution is -2.31. The Morgan fingerprint density at radius 2 is 1.73 bits per heavy atom. The Morgan fingerprint density at radius 1 is 0.955 bits per heavy atom. The van der Waals surface area contributed by atoms with Gasteiger partial charge in [0, 0.05) is 0 Å². The first-order valence-corrected chi connectivity index (χ1v) is 8.79. The molecule has 0 aromatic heterocycles. The molecule has 1 aliphatic heterocycles. The molecule has 2 atom stereocenters. The van der Waals surface area contributed by atoms with Crippen LogP contribution in [-0.2, 0) is 9.47 Å². The summed E-state index contributed by atoms with van der Waals surface area (Å²) < 4.78 is 17.6. The third-order valence-electron chi connectivity index (χ3n) is 4.11. The zero-order chi connectivity index (χ0) is 15.6. The van der Waals surface area contributed by atoms with Crippen molar-refractivity contribution in [2.24, 2.45) is 0 Å². The maximum atomic E-state index is 5.98. The number of hydrogen-bond acceptors (Lipinski definition) is 3. The van der Waals surface area contributed by atoms with E-state index in [-0.39, 0.29) is 12.2 Å². The molecule has 1 aliphatic rings. The van der Waals surface area contributed by atoms with Crippen LogP contribution < -0.4 is 4.74 Å². The van der Waals surface area contributed by atoms with Crippen LogP contribution in [-0.4, -0.2) is 25.9 Å². The summed E-state index contributed by atoms with van der Waals surface area (Å²) >= 11 is 0. The second-order valence-electron chi connectivity index (χ2n) is 6.04. The maximum Gasteiger partial charge on any atom is 0.119 e. The number of benzene rings is 1. The summed E-state index contributed by atoms with van der Waals surface area (Å²) in [6.07, 6.45) is 7.48. The Labute approximate surface area is 135 Å². The second-order valence-corrected chi connectivity index (χ2v) is 6.04. The summed E-state index contributed by atoms with van der Waals surface area (Å²) in [6, 6.07) is 8.24. The predicted octanol–water partition coefficient (Wildman–Crippen LogP) is 4.90. The molecule has 0 saturated carbocycles. The average Bonchev–Trinajstić information content (AvgIpc) is 2.57. The summed E-state index contributed by atoms with van der Waals surface area (Å²) in [4.78, 5) is 0. The van der Waals surface area contributed by atoms with Gasteiger partial charge in [-0.1, -0.05) is 51.7 Å². The lowest BCUT2D eigenvalue weighted by Gasteiger charge is -2.30. The quantitative estimate of drug-likeness (QED) is 0.607. The molecule has 3 heteroatoms. The molecule has 0 N–H and O–H groups in total. The molecule has 1 aromatic carbocycles. The highest BCUT2D eigenvalue weighted by molar-refractivity contribution is 5.28. The van der Waals surface area contributed by atoms with Crippen LogP contribution in [0.1, 0.15) is 64.0 Å². The molecule has 3 nitrogen and oxygen atoms in total. The molecule has 124 valence electrons. The van der Waals surface area contributed by atoms with Crippen LogP contribution in [0.3, 0.4) is 0 Å². The van der Waals surface area contributed by atoms with E-state index in [1.165, 1.54) is 24.8 Å². The molecule has 0 bridgehead atoms. The number of hydrogen-bond donors (Lipinski definition) is 0. The van der Waals surface area contributed by atoms with Crippen LogP contribution in [0.5, 0.6) is 5.75 Å². The van der Waals surface area contributed by atoms with E-state index >= 15 is 0 Å². The van der Waals surface area contributed by atoms with Gasteiger partial charge in [-0.15, -0.1) is 0 Å². The summed E-state index contributed by atoms with van der Waals surface area (Å²) in [5, 5.41) is 0. The van der Waals surface area contributed by atoms with Crippen molar-refractivity contribution in [3.8, 4) is 5.75 Å². The van der Waals surface area contributed by atoms with Crippen molar-refractivity contribution in [3.63, 3.8) is 0 Å². The standard InChI is InChI=1S/C19H30O3/c1-3-5-7-8-18-14-22-19(15-21-18)16-9-11-17(12-10-16)20-13-6-4-2/h9-12,18-19H,3-8,13-15H2,1-2H3/t18-,19-/m0/s1. The van der Waals surface area contributed by atoms with Crippen molar-refractivity contribution < 1.29 is 14.2 Å². The van der Waals surface area contributed by atoms with Crippen molar-refractivity contribution in [3.05, 3.63) is 29.8 Å². The summed E-state index contributed by atoms with van der Waals surface area (Å²) in [6.45, 7) is 6.56. The minimum absolute atomic E-state index is 0.0621. The van der Waals surface area contributed by atoms with Gasteiger partial charge in [0.05, 0.1) is 25.9 Å². The predicted molar refractivity (Wildman–Crippen MR) is 89.4 cm³/mol. The first-order chi connectivity index (χ1) is 10.8. The van der Waals surface area contributed by atoms with E-state index in [1.807, 2.05) is 12.1 Å². The van der Waals surface area contributed by atoms with E-state index in [4.69, 9.17) is 14.2 Å². The summed E-state index contributed by atoms with van der Waals surface area (Å²) in [5.41, 5.74) is 1.18. The van der Waals surface area contributed by atoms with E-state index in [0.29, 0.717) is 13.2 Å². The van der Waals surface area contributed by atoms with Crippen LogP contribution in [0.25, 0.3) is 0 Å². The Morgan fingerprint density at radius 3 is 2.36 bits per heavy atom. The fraction of sp³-hybridized carbons (Fsp3) is 0.684. The maximum absolute atomic E-state index is 5.98. The minimum atomic E-state index is 0.0621. The number of rotatable bonds is 9. The van der Waals surface area contributed by atoms with Crippen molar-refractivity contribution in [1.82, 2.24) is 0 Å². The highest BCUT2D eigenvalue weighted by Gasteiger charge is 2.23. The van der Waals surface area contributed by atoms with Crippen LogP contribution >= 0.6 is 0 Å². The molecule has 1 aromatic rings. The molecule has 22 heavy (non-hydrogen) atoms. The monoisotopic (exact) mass is 306 g/mol. The number of ether oxygens (including phenoxy) is 3. The van der Waals surface area contributed by atoms with Crippen molar-refractivity contribution in [2.45, 2.75) is 64.6 Å². The SMILES string of the molecule is CCCCC[C@H]1CO[C@H](c2ccc(OCCCC)cc2)CO1. The summed E-state index contributed by atoms with van der Waals surface area (Å²) in [7, 11) is 0. The Hall–Kier alpha value is -1.06. The minimum Gasteiger partial charge on any atom is -0.494 e. The van der Waals surface area contributed by atoms with Crippen LogP contribution in [0, 0.1) is 0 Å². The van der Waals surface area contributed by atoms with Gasteiger partial charge in [-0.2, -0.15) is 0 Å². The van der Waals surface area contributed by atoms with Gasteiger partial charge in [-0.3, -0.25) is 0 Å². The third kappa shape index (κ3) is 5.62. The topological polar surface area (TPSA) is 27.7 Å². The van der Waals surface area contributed by atoms with E-state index in [2.05, 4.69) is 26.0 Å². The highest BCUT2D eigenvalue weighted by atomic mass is 16.6. The molecule has 0 spiro atoms. The smallest absolute Gasteiger partial charge is 0.119 e. The molecule has 0 amide bonds. The van der Waals surface area contributed by atoms with Gasteiger partial charge in [-0.25, -0.2) is 0 Å². The van der Waals surface area contributed by atoms with Crippen molar-refractivity contribution in [2.75, 3.05) is 19.8 Å². The molecule has 0 radical (unpaired) electrons. The van der Waals surface area contributed by atoms with Crippen LogP contribution in [0.15, 0.2) is 24.3 Å². The molecule has 2 rings (SSSR count). The second kappa shape index (κ2) is 9.86. The number of unbranched alkanes of at least 4 members (excludes halogenated alkanes) is 3. The molecule has 1 saturated heterocycles. The first kappa shape index (κ1) is 17.3. The van der Waals surface area contributed by atoms with E-state index in [0.717, 1.165) is 31.6 Å². The Bertz CT molecular complexity index is 394. The normalized spacial score (nSPS) is 21.7. The highest BCUT2D eigenvalue weighted by Crippen LogP contribution is 2.26. The molecule has 1 heterocycles. The van der Waals surface area contributed by atoms with Crippen molar-refractivity contribution >= 4 is 0 Å². The van der Waals surface area contributed by atoms with Crippen LogP contribution in [0.4, 0.5) is 0 Å². The fourth-order valence-corrected chi connectivity index (χ4v) is 2.64. The zero-order valence-electron chi connectivity index (χ0n) is 14.1. The summed E-state index contributed by atoms with van der Waals surface area (Å²) in [5.74, 6) is 0.936. The lowest BCUT2D eigenvalue weighted by molar-refractivity contribution is -0.137. The molecular formula is C19H30O3. The van der Waals surface area contributed by atoms with Gasteiger partial charge in [0.15, 0.2) is 0 Å². The van der Waals surface area contributed by atoms with E-state index in [9.17, 15) is 0 Å². The Balaban J connectivity index is 1.74. The van der Waals surface area contributed by atoms with E-state index in [1.54, 1.807) is 0 Å². The average molecular weight is 306 g/mol. The Kier molecular flexibility index (Phi) is 7.75. The van der Waals surface area contributed by atoms with Gasteiger partial charge >= 0.3 is 0 Å². The molecular weight excluding hydrogens is 276 g/mol. The van der Waals surface area contributed by atoms with Gasteiger partial charge in [0.2, 0.25) is 0 Å². The van der Waals surface area contributed by atoms with Gasteiger partial charge in [0.25, 0.3) is 0 Å². The molecule has 0 unspecified atom stereocenters. The molecule has 1 fully saturated rings. The van der Waals surface area contributed by atoms with Gasteiger partial charge < -0.3 is 14.2 Å². The van der Waals surface area contributed by atoms with Crippen LogP contribution in [0.2, 0.25) is 0 Å². The third-order valence-corrected chi connectivity index (χ3v) is 4.11. The van der Waals surface area contributed by atoms with E-state index < -0.39 is 0 Å². The van der Waals surface area contributed by atoms with Crippen molar-refractivity contribution in [1.29, 1.82) is 0 Å².